The molecule has 2 rings (SSSR count). The van der Waals surface area contributed by atoms with Crippen LogP contribution in [0.4, 0.5) is 5.69 Å². The summed E-state index contributed by atoms with van der Waals surface area (Å²) < 4.78 is 11.0. The molecule has 0 aliphatic carbocycles. The second-order valence-corrected chi connectivity index (χ2v) is 4.96. The molecule has 2 aromatic rings. The first-order chi connectivity index (χ1) is 10.6. The Morgan fingerprint density at radius 2 is 1.68 bits per heavy atom. The summed E-state index contributed by atoms with van der Waals surface area (Å²) in [6.07, 6.45) is 0. The van der Waals surface area contributed by atoms with Crippen LogP contribution in [-0.4, -0.2) is 26.2 Å². The quantitative estimate of drug-likeness (QED) is 0.820. The van der Waals surface area contributed by atoms with E-state index in [1.807, 2.05) is 55.5 Å². The molecule has 116 valence electrons. The minimum atomic E-state index is -0.00192. The molecule has 0 fully saturated rings. The van der Waals surface area contributed by atoms with Crippen LogP contribution in [0.1, 0.15) is 12.5 Å². The second kappa shape index (κ2) is 7.50. The largest absolute Gasteiger partial charge is 0.493 e. The van der Waals surface area contributed by atoms with E-state index in [0.717, 1.165) is 11.3 Å². The van der Waals surface area contributed by atoms with E-state index in [0.29, 0.717) is 24.7 Å². The first-order valence-electron chi connectivity index (χ1n) is 7.23. The molecule has 4 nitrogen and oxygen atoms in total. The van der Waals surface area contributed by atoms with Gasteiger partial charge in [0.05, 0.1) is 13.7 Å². The van der Waals surface area contributed by atoms with E-state index in [1.165, 1.54) is 0 Å². The predicted octanol–water partition coefficient (Wildman–Crippen LogP) is 3.44. The average molecular weight is 299 g/mol. The number of aryl methyl sites for hydroxylation is 1. The summed E-state index contributed by atoms with van der Waals surface area (Å²) in [5, 5.41) is 0. The van der Waals surface area contributed by atoms with E-state index in [-0.39, 0.29) is 5.91 Å². The highest BCUT2D eigenvalue weighted by Crippen LogP contribution is 2.26. The van der Waals surface area contributed by atoms with Gasteiger partial charge >= 0.3 is 0 Å². The molecule has 0 bridgehead atoms. The number of carbonyl (C=O) groups is 1. The maximum Gasteiger partial charge on any atom is 0.223 e. The molecule has 22 heavy (non-hydrogen) atoms. The second-order valence-electron chi connectivity index (χ2n) is 4.96. The highest BCUT2D eigenvalue weighted by molar-refractivity contribution is 5.92. The van der Waals surface area contributed by atoms with E-state index >= 15 is 0 Å². The lowest BCUT2D eigenvalue weighted by atomic mass is 10.2. The van der Waals surface area contributed by atoms with Crippen molar-refractivity contribution in [2.45, 2.75) is 13.8 Å². The Kier molecular flexibility index (Phi) is 5.42. The number of para-hydroxylation sites is 3. The van der Waals surface area contributed by atoms with Crippen LogP contribution >= 0.6 is 0 Å². The molecule has 0 aliphatic rings. The van der Waals surface area contributed by atoms with Crippen molar-refractivity contribution < 1.29 is 14.3 Å². The monoisotopic (exact) mass is 299 g/mol. The molecule has 0 saturated heterocycles. The standard InChI is InChI=1S/C18H21NO3/c1-14-8-4-5-9-16(14)19(15(2)20)12-13-22-18-11-7-6-10-17(18)21-3/h4-11H,12-13H2,1-3H3. The van der Waals surface area contributed by atoms with Crippen LogP contribution in [0.25, 0.3) is 0 Å². The molecule has 0 saturated carbocycles. The molecule has 2 aromatic carbocycles. The molecule has 0 atom stereocenters. The van der Waals surface area contributed by atoms with Gasteiger partial charge in [-0.05, 0) is 30.7 Å². The van der Waals surface area contributed by atoms with E-state index in [2.05, 4.69) is 0 Å². The van der Waals surface area contributed by atoms with Crippen LogP contribution in [-0.2, 0) is 4.79 Å². The Morgan fingerprint density at radius 3 is 2.32 bits per heavy atom. The molecule has 0 spiro atoms. The number of nitrogens with zero attached hydrogens (tertiary/aromatic N) is 1. The van der Waals surface area contributed by atoms with Crippen molar-refractivity contribution in [2.75, 3.05) is 25.2 Å². The molecular formula is C18H21NO3. The number of carbonyl (C=O) groups excluding carboxylic acids is 1. The van der Waals surface area contributed by atoms with Gasteiger partial charge in [0.25, 0.3) is 0 Å². The van der Waals surface area contributed by atoms with Crippen molar-refractivity contribution in [3.8, 4) is 11.5 Å². The van der Waals surface area contributed by atoms with Crippen LogP contribution in [0.3, 0.4) is 0 Å². The smallest absolute Gasteiger partial charge is 0.223 e. The van der Waals surface area contributed by atoms with Gasteiger partial charge in [-0.2, -0.15) is 0 Å². The number of methoxy groups -OCH3 is 1. The van der Waals surface area contributed by atoms with Gasteiger partial charge < -0.3 is 14.4 Å². The SMILES string of the molecule is COc1ccccc1OCCN(C(C)=O)c1ccccc1C. The summed E-state index contributed by atoms with van der Waals surface area (Å²) >= 11 is 0. The van der Waals surface area contributed by atoms with Crippen molar-refractivity contribution in [1.82, 2.24) is 0 Å². The zero-order chi connectivity index (χ0) is 15.9. The van der Waals surface area contributed by atoms with Crippen LogP contribution < -0.4 is 14.4 Å². The number of hydrogen-bond donors (Lipinski definition) is 0. The molecule has 0 radical (unpaired) electrons. The van der Waals surface area contributed by atoms with Crippen molar-refractivity contribution in [2.24, 2.45) is 0 Å². The normalized spacial score (nSPS) is 10.1. The Morgan fingerprint density at radius 1 is 1.05 bits per heavy atom. The third kappa shape index (κ3) is 3.79. The van der Waals surface area contributed by atoms with Crippen molar-refractivity contribution in [3.63, 3.8) is 0 Å². The molecule has 1 amide bonds. The van der Waals surface area contributed by atoms with Gasteiger partial charge in [-0.25, -0.2) is 0 Å². The Hall–Kier alpha value is -2.49. The molecule has 0 unspecified atom stereocenters. The minimum Gasteiger partial charge on any atom is -0.493 e. The van der Waals surface area contributed by atoms with Gasteiger partial charge in [-0.15, -0.1) is 0 Å². The highest BCUT2D eigenvalue weighted by Gasteiger charge is 2.13. The topological polar surface area (TPSA) is 38.8 Å². The number of benzene rings is 2. The Labute approximate surface area is 131 Å². The summed E-state index contributed by atoms with van der Waals surface area (Å²) in [4.78, 5) is 13.6. The molecule has 0 aliphatic heterocycles. The fraction of sp³-hybridized carbons (Fsp3) is 0.278. The first kappa shape index (κ1) is 15.9. The fourth-order valence-electron chi connectivity index (χ4n) is 2.30. The number of anilines is 1. The van der Waals surface area contributed by atoms with E-state index < -0.39 is 0 Å². The van der Waals surface area contributed by atoms with E-state index in [9.17, 15) is 4.79 Å². The highest BCUT2D eigenvalue weighted by atomic mass is 16.5. The van der Waals surface area contributed by atoms with Gasteiger partial charge in [-0.3, -0.25) is 4.79 Å². The van der Waals surface area contributed by atoms with Gasteiger partial charge in [0.1, 0.15) is 6.61 Å². The average Bonchev–Trinajstić information content (AvgIpc) is 2.52. The molecule has 0 aromatic heterocycles. The molecular weight excluding hydrogens is 278 g/mol. The zero-order valence-electron chi connectivity index (χ0n) is 13.2. The van der Waals surface area contributed by atoms with Crippen molar-refractivity contribution in [1.29, 1.82) is 0 Å². The first-order valence-corrected chi connectivity index (χ1v) is 7.23. The lowest BCUT2D eigenvalue weighted by Gasteiger charge is -2.23. The van der Waals surface area contributed by atoms with Gasteiger partial charge in [0.15, 0.2) is 11.5 Å². The van der Waals surface area contributed by atoms with Crippen LogP contribution in [0.15, 0.2) is 48.5 Å². The third-order valence-corrected chi connectivity index (χ3v) is 3.43. The summed E-state index contributed by atoms with van der Waals surface area (Å²) in [5.41, 5.74) is 1.98. The predicted molar refractivity (Wildman–Crippen MR) is 87.7 cm³/mol. The van der Waals surface area contributed by atoms with Crippen LogP contribution in [0.2, 0.25) is 0 Å². The van der Waals surface area contributed by atoms with Gasteiger partial charge in [0, 0.05) is 12.6 Å². The maximum absolute atomic E-state index is 11.9. The zero-order valence-corrected chi connectivity index (χ0v) is 13.2. The molecule has 0 heterocycles. The molecule has 0 N–H and O–H groups in total. The van der Waals surface area contributed by atoms with Crippen LogP contribution in [0.5, 0.6) is 11.5 Å². The van der Waals surface area contributed by atoms with Crippen molar-refractivity contribution >= 4 is 11.6 Å². The number of hydrogen-bond acceptors (Lipinski definition) is 3. The van der Waals surface area contributed by atoms with Gasteiger partial charge in [-0.1, -0.05) is 30.3 Å². The number of rotatable bonds is 6. The Bertz CT molecular complexity index is 640. The minimum absolute atomic E-state index is 0.00192. The Balaban J connectivity index is 2.04. The summed E-state index contributed by atoms with van der Waals surface area (Å²) in [6, 6.07) is 15.3. The maximum atomic E-state index is 11.9. The molecule has 4 heteroatoms. The summed E-state index contributed by atoms with van der Waals surface area (Å²) in [7, 11) is 1.61. The number of ether oxygens (including phenoxy) is 2. The summed E-state index contributed by atoms with van der Waals surface area (Å²) in [6.45, 7) is 4.44. The fourth-order valence-corrected chi connectivity index (χ4v) is 2.30. The van der Waals surface area contributed by atoms with Crippen molar-refractivity contribution in [3.05, 3.63) is 54.1 Å². The third-order valence-electron chi connectivity index (χ3n) is 3.43. The van der Waals surface area contributed by atoms with E-state index in [1.54, 1.807) is 18.9 Å². The summed E-state index contributed by atoms with van der Waals surface area (Å²) in [5.74, 6) is 1.36. The number of amides is 1. The van der Waals surface area contributed by atoms with Crippen LogP contribution in [0, 0.1) is 6.92 Å². The lowest BCUT2D eigenvalue weighted by molar-refractivity contribution is -0.116. The van der Waals surface area contributed by atoms with Gasteiger partial charge in [0.2, 0.25) is 5.91 Å². The lowest BCUT2D eigenvalue weighted by Crippen LogP contribution is -2.33. The van der Waals surface area contributed by atoms with E-state index in [4.69, 9.17) is 9.47 Å².